The number of ether oxygens (including phenoxy) is 2. The van der Waals surface area contributed by atoms with E-state index in [1.165, 1.54) is 25.6 Å². The molecule has 9 heteroatoms. The maximum Gasteiger partial charge on any atom is 0.307 e. The molecule has 0 aliphatic carbocycles. The third-order valence-electron chi connectivity index (χ3n) is 6.05. The third-order valence-corrected chi connectivity index (χ3v) is 10.0. The number of aliphatic carboxylic acids is 1. The van der Waals surface area contributed by atoms with Crippen LogP contribution in [0.5, 0.6) is 23.0 Å². The molecule has 0 atom stereocenters. The standard InChI is InChI=1S/C29H24O6S3/c1-15-10-25(16-4-6-19(30)21(11-16)34-2)37-28(15)23-8-9-24(36-23)29-18(14-27(32)33)13-26(38-29)17-5-7-20(31)22(12-17)35-3/h4-13,30-31H,14H2,1-3H3,(H,32,33). The molecular weight excluding hydrogens is 541 g/mol. The van der Waals surface area contributed by atoms with Gasteiger partial charge in [-0.05, 0) is 89.8 Å². The first-order valence-corrected chi connectivity index (χ1v) is 14.0. The van der Waals surface area contributed by atoms with Crippen molar-refractivity contribution in [2.45, 2.75) is 13.3 Å². The number of phenols is 2. The Labute approximate surface area is 231 Å². The summed E-state index contributed by atoms with van der Waals surface area (Å²) in [7, 11) is 3.03. The van der Waals surface area contributed by atoms with Gasteiger partial charge in [0.15, 0.2) is 23.0 Å². The van der Waals surface area contributed by atoms with Crippen LogP contribution in [0.25, 0.3) is 40.4 Å². The molecule has 6 nitrogen and oxygen atoms in total. The highest BCUT2D eigenvalue weighted by Gasteiger charge is 2.19. The Hall–Kier alpha value is -3.79. The lowest BCUT2D eigenvalue weighted by Crippen LogP contribution is -1.99. The SMILES string of the molecule is COc1cc(-c2cc(C)c(-c3ccc(-c4sc(-c5ccc(O)c(OC)c5)cc4CC(=O)O)s3)s2)ccc1O. The molecule has 0 radical (unpaired) electrons. The quantitative estimate of drug-likeness (QED) is 0.177. The van der Waals surface area contributed by atoms with Gasteiger partial charge in [0.25, 0.3) is 0 Å². The predicted molar refractivity (Wildman–Crippen MR) is 154 cm³/mol. The Balaban J connectivity index is 1.52. The van der Waals surface area contributed by atoms with Crippen molar-refractivity contribution in [1.29, 1.82) is 0 Å². The van der Waals surface area contributed by atoms with Crippen molar-refractivity contribution in [2.75, 3.05) is 14.2 Å². The van der Waals surface area contributed by atoms with E-state index < -0.39 is 5.97 Å². The van der Waals surface area contributed by atoms with Crippen LogP contribution in [0.1, 0.15) is 11.1 Å². The highest BCUT2D eigenvalue weighted by molar-refractivity contribution is 7.28. The first-order valence-electron chi connectivity index (χ1n) is 11.6. The van der Waals surface area contributed by atoms with E-state index in [4.69, 9.17) is 9.47 Å². The number of hydrogen-bond donors (Lipinski definition) is 3. The maximum atomic E-state index is 11.7. The molecule has 0 saturated carbocycles. The summed E-state index contributed by atoms with van der Waals surface area (Å²) < 4.78 is 10.5. The molecule has 0 unspecified atom stereocenters. The average molecular weight is 565 g/mol. The van der Waals surface area contributed by atoms with Gasteiger partial charge in [0, 0.05) is 29.3 Å². The summed E-state index contributed by atoms with van der Waals surface area (Å²) in [6, 6.07) is 18.6. The van der Waals surface area contributed by atoms with Crippen molar-refractivity contribution in [3.05, 3.63) is 71.8 Å². The van der Waals surface area contributed by atoms with Crippen LogP contribution in [-0.2, 0) is 11.2 Å². The molecule has 0 aliphatic heterocycles. The number of thiophene rings is 3. The monoisotopic (exact) mass is 564 g/mol. The molecule has 2 aromatic carbocycles. The van der Waals surface area contributed by atoms with Crippen molar-refractivity contribution in [3.63, 3.8) is 0 Å². The van der Waals surface area contributed by atoms with Crippen LogP contribution in [0.3, 0.4) is 0 Å². The van der Waals surface area contributed by atoms with E-state index in [0.29, 0.717) is 11.5 Å². The molecule has 5 aromatic rings. The fourth-order valence-electron chi connectivity index (χ4n) is 4.19. The predicted octanol–water partition coefficient (Wildman–Crippen LogP) is 7.90. The molecule has 0 saturated heterocycles. The first-order chi connectivity index (χ1) is 18.3. The molecule has 3 N–H and O–H groups in total. The second kappa shape index (κ2) is 10.5. The van der Waals surface area contributed by atoms with Crippen LogP contribution in [0.2, 0.25) is 0 Å². The summed E-state index contributed by atoms with van der Waals surface area (Å²) in [6.07, 6.45) is -0.0842. The minimum atomic E-state index is -0.890. The number of carbonyl (C=O) groups is 1. The largest absolute Gasteiger partial charge is 0.504 e. The zero-order chi connectivity index (χ0) is 27.0. The minimum absolute atomic E-state index is 0.0538. The summed E-state index contributed by atoms with van der Waals surface area (Å²) in [5.41, 5.74) is 3.70. The van der Waals surface area contributed by atoms with Gasteiger partial charge in [0.05, 0.1) is 20.6 Å². The molecule has 38 heavy (non-hydrogen) atoms. The molecule has 3 aromatic heterocycles. The van der Waals surface area contributed by atoms with Gasteiger partial charge in [0.1, 0.15) is 0 Å². The summed E-state index contributed by atoms with van der Waals surface area (Å²) in [5.74, 6) is 0.0628. The number of aromatic hydroxyl groups is 2. The number of aryl methyl sites for hydroxylation is 1. The number of phenolic OH excluding ortho intramolecular Hbond substituents is 2. The Morgan fingerprint density at radius 2 is 1.24 bits per heavy atom. The number of rotatable bonds is 8. The van der Waals surface area contributed by atoms with Gasteiger partial charge in [-0.3, -0.25) is 4.79 Å². The van der Waals surface area contributed by atoms with Gasteiger partial charge in [0.2, 0.25) is 0 Å². The molecule has 3 heterocycles. The van der Waals surface area contributed by atoms with E-state index in [9.17, 15) is 20.1 Å². The minimum Gasteiger partial charge on any atom is -0.504 e. The van der Waals surface area contributed by atoms with E-state index in [1.54, 1.807) is 46.9 Å². The van der Waals surface area contributed by atoms with Gasteiger partial charge in [-0.25, -0.2) is 0 Å². The fraction of sp³-hybridized carbons (Fsp3) is 0.138. The Morgan fingerprint density at radius 1 is 0.711 bits per heavy atom. The molecule has 5 rings (SSSR count). The third kappa shape index (κ3) is 5.00. The van der Waals surface area contributed by atoms with Crippen molar-refractivity contribution in [2.24, 2.45) is 0 Å². The highest BCUT2D eigenvalue weighted by Crippen LogP contribution is 2.47. The topological polar surface area (TPSA) is 96.2 Å². The molecule has 194 valence electrons. The number of carboxylic acid groups (broad SMARTS) is 1. The summed E-state index contributed by atoms with van der Waals surface area (Å²) in [4.78, 5) is 17.8. The molecule has 0 amide bonds. The zero-order valence-corrected chi connectivity index (χ0v) is 23.2. The van der Waals surface area contributed by atoms with Crippen LogP contribution >= 0.6 is 34.0 Å². The molecule has 0 spiro atoms. The molecular formula is C29H24O6S3. The second-order valence-electron chi connectivity index (χ2n) is 8.60. The average Bonchev–Trinajstić information content (AvgIpc) is 3.62. The van der Waals surface area contributed by atoms with E-state index >= 15 is 0 Å². The Bertz CT molecular complexity index is 1640. The van der Waals surface area contributed by atoms with Crippen LogP contribution in [0.15, 0.2) is 60.7 Å². The van der Waals surface area contributed by atoms with Crippen LogP contribution in [0, 0.1) is 6.92 Å². The lowest BCUT2D eigenvalue weighted by Gasteiger charge is -2.05. The fourth-order valence-corrected chi connectivity index (χ4v) is 7.86. The maximum absolute atomic E-state index is 11.7. The van der Waals surface area contributed by atoms with Crippen LogP contribution < -0.4 is 9.47 Å². The van der Waals surface area contributed by atoms with Crippen LogP contribution in [0.4, 0.5) is 0 Å². The zero-order valence-electron chi connectivity index (χ0n) is 20.8. The van der Waals surface area contributed by atoms with Crippen molar-refractivity contribution < 1.29 is 29.6 Å². The lowest BCUT2D eigenvalue weighted by molar-refractivity contribution is -0.136. The van der Waals surface area contributed by atoms with Crippen molar-refractivity contribution in [1.82, 2.24) is 0 Å². The highest BCUT2D eigenvalue weighted by atomic mass is 32.1. The van der Waals surface area contributed by atoms with E-state index in [0.717, 1.165) is 51.5 Å². The lowest BCUT2D eigenvalue weighted by atomic mass is 10.1. The Morgan fingerprint density at radius 3 is 1.79 bits per heavy atom. The molecule has 0 bridgehead atoms. The normalized spacial score (nSPS) is 11.0. The van der Waals surface area contributed by atoms with E-state index in [1.807, 2.05) is 24.3 Å². The van der Waals surface area contributed by atoms with Crippen LogP contribution in [-0.4, -0.2) is 35.5 Å². The summed E-state index contributed by atoms with van der Waals surface area (Å²) in [6.45, 7) is 2.07. The van der Waals surface area contributed by atoms with Gasteiger partial charge < -0.3 is 24.8 Å². The smallest absolute Gasteiger partial charge is 0.307 e. The summed E-state index contributed by atoms with van der Waals surface area (Å²) >= 11 is 4.83. The number of hydrogen-bond acceptors (Lipinski definition) is 8. The molecule has 0 fully saturated rings. The van der Waals surface area contributed by atoms with Gasteiger partial charge in [-0.15, -0.1) is 34.0 Å². The second-order valence-corrected chi connectivity index (χ2v) is 11.8. The number of methoxy groups -OCH3 is 2. The van der Waals surface area contributed by atoms with Crippen molar-refractivity contribution in [3.8, 4) is 63.4 Å². The summed E-state index contributed by atoms with van der Waals surface area (Å²) in [5, 5.41) is 29.5. The van der Waals surface area contributed by atoms with Gasteiger partial charge >= 0.3 is 5.97 Å². The molecule has 0 aliphatic rings. The Kier molecular flexibility index (Phi) is 7.16. The number of carboxylic acids is 1. The number of benzene rings is 2. The van der Waals surface area contributed by atoms with Gasteiger partial charge in [-0.1, -0.05) is 0 Å². The first kappa shape index (κ1) is 25.8. The van der Waals surface area contributed by atoms with E-state index in [-0.39, 0.29) is 17.9 Å². The van der Waals surface area contributed by atoms with E-state index in [2.05, 4.69) is 19.1 Å². The van der Waals surface area contributed by atoms with Gasteiger partial charge in [-0.2, -0.15) is 0 Å². The van der Waals surface area contributed by atoms with Crippen molar-refractivity contribution >= 4 is 40.0 Å².